The third-order valence-electron chi connectivity index (χ3n) is 3.61. The molecule has 20 heavy (non-hydrogen) atoms. The molecule has 1 aromatic carbocycles. The second-order valence-corrected chi connectivity index (χ2v) is 5.29. The fraction of sp³-hybridized carbons (Fsp3) is 0.429. The first-order valence-corrected chi connectivity index (χ1v) is 6.47. The summed E-state index contributed by atoms with van der Waals surface area (Å²) in [5, 5.41) is 14.5. The van der Waals surface area contributed by atoms with E-state index in [2.05, 4.69) is 10.6 Å². The van der Waals surface area contributed by atoms with E-state index in [1.807, 2.05) is 6.92 Å². The van der Waals surface area contributed by atoms with Gasteiger partial charge in [0.1, 0.15) is 5.82 Å². The monoisotopic (exact) mass is 280 g/mol. The quantitative estimate of drug-likeness (QED) is 0.789. The number of aromatic carboxylic acids is 1. The summed E-state index contributed by atoms with van der Waals surface area (Å²) in [5.41, 5.74) is -0.714. The minimum atomic E-state index is -1.20. The smallest absolute Gasteiger partial charge is 0.335 e. The van der Waals surface area contributed by atoms with E-state index in [0.717, 1.165) is 25.5 Å². The first-order valence-electron chi connectivity index (χ1n) is 6.47. The Morgan fingerprint density at radius 1 is 1.45 bits per heavy atom. The van der Waals surface area contributed by atoms with Gasteiger partial charge in [-0.2, -0.15) is 0 Å². The summed E-state index contributed by atoms with van der Waals surface area (Å²) in [5.74, 6) is -2.21. The Morgan fingerprint density at radius 3 is 2.75 bits per heavy atom. The van der Waals surface area contributed by atoms with E-state index < -0.39 is 17.2 Å². The van der Waals surface area contributed by atoms with Crippen molar-refractivity contribution in [1.82, 2.24) is 5.32 Å². The van der Waals surface area contributed by atoms with Crippen molar-refractivity contribution in [2.75, 3.05) is 18.4 Å². The molecule has 108 valence electrons. The van der Waals surface area contributed by atoms with Crippen LogP contribution >= 0.6 is 0 Å². The van der Waals surface area contributed by atoms with Gasteiger partial charge in [0.05, 0.1) is 16.7 Å². The summed E-state index contributed by atoms with van der Waals surface area (Å²) in [6.45, 7) is 3.26. The highest BCUT2D eigenvalue weighted by atomic mass is 19.1. The van der Waals surface area contributed by atoms with Crippen LogP contribution in [0.3, 0.4) is 0 Å². The van der Waals surface area contributed by atoms with E-state index >= 15 is 0 Å². The second kappa shape index (κ2) is 5.58. The molecule has 0 aliphatic carbocycles. The largest absolute Gasteiger partial charge is 0.478 e. The molecule has 2 rings (SSSR count). The normalized spacial score (nSPS) is 22.3. The third-order valence-corrected chi connectivity index (χ3v) is 3.61. The number of carbonyl (C=O) groups is 2. The maximum atomic E-state index is 13.8. The van der Waals surface area contributed by atoms with Crippen molar-refractivity contribution in [3.63, 3.8) is 0 Å². The molecule has 3 N–H and O–H groups in total. The van der Waals surface area contributed by atoms with Crippen molar-refractivity contribution in [1.29, 1.82) is 0 Å². The number of piperidine rings is 1. The van der Waals surface area contributed by atoms with Crippen LogP contribution in [-0.2, 0) is 4.79 Å². The maximum Gasteiger partial charge on any atom is 0.335 e. The van der Waals surface area contributed by atoms with Crippen molar-refractivity contribution < 1.29 is 19.1 Å². The molecular weight excluding hydrogens is 263 g/mol. The molecule has 0 spiro atoms. The second-order valence-electron chi connectivity index (χ2n) is 5.29. The maximum absolute atomic E-state index is 13.8. The molecule has 1 aromatic rings. The number of carbonyl (C=O) groups excluding carboxylic acids is 1. The minimum Gasteiger partial charge on any atom is -0.478 e. The Hall–Kier alpha value is -1.95. The number of hydrogen-bond acceptors (Lipinski definition) is 3. The van der Waals surface area contributed by atoms with E-state index in [4.69, 9.17) is 5.11 Å². The van der Waals surface area contributed by atoms with Gasteiger partial charge in [0.15, 0.2) is 0 Å². The number of benzene rings is 1. The fourth-order valence-electron chi connectivity index (χ4n) is 2.27. The topological polar surface area (TPSA) is 78.4 Å². The summed E-state index contributed by atoms with van der Waals surface area (Å²) < 4.78 is 13.8. The van der Waals surface area contributed by atoms with Crippen molar-refractivity contribution in [2.45, 2.75) is 19.8 Å². The zero-order chi connectivity index (χ0) is 14.8. The van der Waals surface area contributed by atoms with Gasteiger partial charge in [0.25, 0.3) is 0 Å². The highest BCUT2D eigenvalue weighted by Gasteiger charge is 2.34. The molecule has 1 aliphatic heterocycles. The summed E-state index contributed by atoms with van der Waals surface area (Å²) >= 11 is 0. The van der Waals surface area contributed by atoms with E-state index in [1.165, 1.54) is 12.1 Å². The van der Waals surface area contributed by atoms with Crippen molar-refractivity contribution in [2.24, 2.45) is 5.41 Å². The van der Waals surface area contributed by atoms with Gasteiger partial charge >= 0.3 is 5.97 Å². The van der Waals surface area contributed by atoms with Gasteiger partial charge in [0, 0.05) is 6.54 Å². The highest BCUT2D eigenvalue weighted by Crippen LogP contribution is 2.28. The number of amides is 1. The van der Waals surface area contributed by atoms with Crippen molar-refractivity contribution in [3.05, 3.63) is 29.6 Å². The molecule has 1 heterocycles. The standard InChI is InChI=1S/C14H17FN2O3/c1-14(5-2-6-16-8-14)13(20)17-11-4-3-9(12(18)19)7-10(11)15/h3-4,7,16H,2,5-6,8H2,1H3,(H,17,20)(H,18,19). The summed E-state index contributed by atoms with van der Waals surface area (Å²) in [4.78, 5) is 22.9. The summed E-state index contributed by atoms with van der Waals surface area (Å²) in [6, 6.07) is 3.44. The molecule has 0 aromatic heterocycles. The lowest BCUT2D eigenvalue weighted by Crippen LogP contribution is -2.46. The van der Waals surface area contributed by atoms with E-state index in [1.54, 1.807) is 0 Å². The Kier molecular flexibility index (Phi) is 4.04. The average molecular weight is 280 g/mol. The third kappa shape index (κ3) is 2.96. The van der Waals surface area contributed by atoms with Crippen LogP contribution in [0.1, 0.15) is 30.1 Å². The van der Waals surface area contributed by atoms with Crippen molar-refractivity contribution in [3.8, 4) is 0 Å². The van der Waals surface area contributed by atoms with Gasteiger partial charge in [-0.15, -0.1) is 0 Å². The van der Waals surface area contributed by atoms with Crippen LogP contribution in [0.4, 0.5) is 10.1 Å². The number of rotatable bonds is 3. The molecule has 1 fully saturated rings. The zero-order valence-electron chi connectivity index (χ0n) is 11.2. The van der Waals surface area contributed by atoms with E-state index in [9.17, 15) is 14.0 Å². The van der Waals surface area contributed by atoms with Crippen LogP contribution < -0.4 is 10.6 Å². The van der Waals surface area contributed by atoms with Gasteiger partial charge in [0.2, 0.25) is 5.91 Å². The molecule has 1 amide bonds. The molecular formula is C14H17FN2O3. The van der Waals surface area contributed by atoms with Gasteiger partial charge in [-0.3, -0.25) is 4.79 Å². The average Bonchev–Trinajstić information content (AvgIpc) is 2.41. The Morgan fingerprint density at radius 2 is 2.20 bits per heavy atom. The number of carboxylic acid groups (broad SMARTS) is 1. The molecule has 1 saturated heterocycles. The van der Waals surface area contributed by atoms with Crippen LogP contribution in [0.15, 0.2) is 18.2 Å². The fourth-order valence-corrected chi connectivity index (χ4v) is 2.27. The molecule has 1 aliphatic rings. The van der Waals surface area contributed by atoms with Crippen LogP contribution in [0.5, 0.6) is 0 Å². The Balaban J connectivity index is 2.13. The van der Waals surface area contributed by atoms with E-state index in [-0.39, 0.29) is 17.2 Å². The van der Waals surface area contributed by atoms with Gasteiger partial charge in [-0.05, 0) is 44.5 Å². The zero-order valence-corrected chi connectivity index (χ0v) is 11.2. The highest BCUT2D eigenvalue weighted by molar-refractivity contribution is 5.96. The predicted molar refractivity (Wildman–Crippen MR) is 72.2 cm³/mol. The first-order chi connectivity index (χ1) is 9.42. The first kappa shape index (κ1) is 14.5. The molecule has 0 saturated carbocycles. The summed E-state index contributed by atoms with van der Waals surface area (Å²) in [7, 11) is 0. The number of nitrogens with one attached hydrogen (secondary N) is 2. The predicted octanol–water partition coefficient (Wildman–Crippen LogP) is 1.85. The van der Waals surface area contributed by atoms with Crippen LogP contribution in [0.2, 0.25) is 0 Å². The number of anilines is 1. The Bertz CT molecular complexity index is 539. The number of carboxylic acids is 1. The van der Waals surface area contributed by atoms with Crippen LogP contribution in [-0.4, -0.2) is 30.1 Å². The lowest BCUT2D eigenvalue weighted by Gasteiger charge is -2.32. The molecule has 5 nitrogen and oxygen atoms in total. The van der Waals surface area contributed by atoms with Gasteiger partial charge < -0.3 is 15.7 Å². The van der Waals surface area contributed by atoms with E-state index in [0.29, 0.717) is 6.54 Å². The molecule has 1 atom stereocenters. The minimum absolute atomic E-state index is 0.00629. The number of hydrogen-bond donors (Lipinski definition) is 3. The molecule has 6 heteroatoms. The lowest BCUT2D eigenvalue weighted by atomic mass is 9.82. The molecule has 0 bridgehead atoms. The summed E-state index contributed by atoms with van der Waals surface area (Å²) in [6.07, 6.45) is 1.63. The van der Waals surface area contributed by atoms with Crippen molar-refractivity contribution >= 4 is 17.6 Å². The lowest BCUT2D eigenvalue weighted by molar-refractivity contribution is -0.125. The van der Waals surface area contributed by atoms with Gasteiger partial charge in [-0.25, -0.2) is 9.18 Å². The van der Waals surface area contributed by atoms with Gasteiger partial charge in [-0.1, -0.05) is 0 Å². The van der Waals surface area contributed by atoms with Crippen LogP contribution in [0, 0.1) is 11.2 Å². The SMILES string of the molecule is CC1(C(=O)Nc2ccc(C(=O)O)cc2F)CCCNC1. The number of halogens is 1. The molecule has 1 unspecified atom stereocenters. The van der Waals surface area contributed by atoms with Crippen LogP contribution in [0.25, 0.3) is 0 Å². The molecule has 0 radical (unpaired) electrons. The Labute approximate surface area is 116 Å².